The highest BCUT2D eigenvalue weighted by Gasteiger charge is 2.08. The van der Waals surface area contributed by atoms with E-state index in [1.54, 1.807) is 0 Å². The maximum Gasteiger partial charge on any atom is 0.0770 e. The number of hydrogen-bond donors (Lipinski definition) is 1. The van der Waals surface area contributed by atoms with Crippen LogP contribution in [0.25, 0.3) is 0 Å². The van der Waals surface area contributed by atoms with Crippen molar-refractivity contribution in [3.63, 3.8) is 0 Å². The van der Waals surface area contributed by atoms with Crippen LogP contribution in [0.2, 0.25) is 0 Å². The number of carbonyl (C=O) groups is 1. The average molecular weight is 456 g/mol. The largest absolute Gasteiger partial charge is 0.550 e. The van der Waals surface area contributed by atoms with Crippen molar-refractivity contribution in [1.29, 1.82) is 0 Å². The van der Waals surface area contributed by atoms with E-state index in [0.29, 0.717) is 0 Å². The van der Waals surface area contributed by atoms with E-state index in [1.807, 2.05) is 11.8 Å². The molecule has 0 aromatic rings. The van der Waals surface area contributed by atoms with Crippen molar-refractivity contribution >= 4 is 5.97 Å². The summed E-state index contributed by atoms with van der Waals surface area (Å²) in [6, 6.07) is 0. The third kappa shape index (κ3) is 31.6. The first-order chi connectivity index (χ1) is 15.6. The van der Waals surface area contributed by atoms with Crippen LogP contribution in [-0.4, -0.2) is 25.6 Å². The number of hydrogen-bond acceptors (Lipinski definition) is 2. The molecule has 194 valence electrons. The van der Waals surface area contributed by atoms with Gasteiger partial charge in [-0.1, -0.05) is 111 Å². The fourth-order valence-corrected chi connectivity index (χ4v) is 4.16. The summed E-state index contributed by atoms with van der Waals surface area (Å²) in [5.74, 6) is -0.943. The zero-order valence-electron chi connectivity index (χ0n) is 22.8. The highest BCUT2D eigenvalue weighted by molar-refractivity contribution is 5.63. The van der Waals surface area contributed by atoms with Gasteiger partial charge in [-0.15, -0.1) is 0 Å². The molecule has 0 aliphatic carbocycles. The summed E-state index contributed by atoms with van der Waals surface area (Å²) in [5.41, 5.74) is 0. The SMILES string of the molecule is CCCCC(=O)[O-].CCCCCCCC[NH+](CCCCCCCC)CCCCCCCC. The van der Waals surface area contributed by atoms with Gasteiger partial charge in [0, 0.05) is 5.97 Å². The second-order valence-electron chi connectivity index (χ2n) is 9.78. The summed E-state index contributed by atoms with van der Waals surface area (Å²) in [6.07, 6.45) is 27.9. The molecule has 0 rings (SSSR count). The molecule has 3 heteroatoms. The fraction of sp³-hybridized carbons (Fsp3) is 0.966. The van der Waals surface area contributed by atoms with Gasteiger partial charge in [0.15, 0.2) is 0 Å². The third-order valence-electron chi connectivity index (χ3n) is 6.39. The van der Waals surface area contributed by atoms with E-state index in [1.165, 1.54) is 135 Å². The molecule has 0 aromatic carbocycles. The highest BCUT2D eigenvalue weighted by atomic mass is 16.4. The van der Waals surface area contributed by atoms with Gasteiger partial charge in [-0.2, -0.15) is 0 Å². The second kappa shape index (κ2) is 30.4. The van der Waals surface area contributed by atoms with Crippen LogP contribution in [0, 0.1) is 0 Å². The topological polar surface area (TPSA) is 44.6 Å². The standard InChI is InChI=1S/C24H51N.C5H10O2/c1-4-7-10-13-16-19-22-25(23-20-17-14-11-8-5-2)24-21-18-15-12-9-6-3;1-2-3-4-5(6)7/h4-24H2,1-3H3;2-4H2,1H3,(H,6,7). The van der Waals surface area contributed by atoms with Crippen LogP contribution in [0.3, 0.4) is 0 Å². The summed E-state index contributed by atoms with van der Waals surface area (Å²) < 4.78 is 0. The maximum atomic E-state index is 9.65. The lowest BCUT2D eigenvalue weighted by Gasteiger charge is -2.19. The molecular weight excluding hydrogens is 394 g/mol. The molecule has 0 radical (unpaired) electrons. The first kappa shape index (κ1) is 33.6. The Balaban J connectivity index is 0. The van der Waals surface area contributed by atoms with Gasteiger partial charge in [-0.3, -0.25) is 0 Å². The molecule has 0 saturated carbocycles. The van der Waals surface area contributed by atoms with Crippen molar-refractivity contribution in [2.75, 3.05) is 19.6 Å². The Kier molecular flexibility index (Phi) is 32.0. The Morgan fingerprint density at radius 2 is 0.750 bits per heavy atom. The number of unbranched alkanes of at least 4 members (excludes halogenated alkanes) is 16. The first-order valence-corrected chi connectivity index (χ1v) is 14.7. The lowest BCUT2D eigenvalue weighted by Crippen LogP contribution is -3.12. The molecule has 0 heterocycles. The third-order valence-corrected chi connectivity index (χ3v) is 6.39. The molecule has 0 spiro atoms. The number of carboxylic acids is 1. The molecule has 32 heavy (non-hydrogen) atoms. The number of nitrogens with one attached hydrogen (secondary N) is 1. The summed E-state index contributed by atoms with van der Waals surface area (Å²) in [5, 5.41) is 9.65. The molecule has 0 aromatic heterocycles. The van der Waals surface area contributed by atoms with Crippen LogP contribution in [0.1, 0.15) is 163 Å². The van der Waals surface area contributed by atoms with Crippen molar-refractivity contribution in [3.05, 3.63) is 0 Å². The molecule has 0 atom stereocenters. The van der Waals surface area contributed by atoms with Gasteiger partial charge < -0.3 is 14.8 Å². The van der Waals surface area contributed by atoms with Gasteiger partial charge in [0.25, 0.3) is 0 Å². The Morgan fingerprint density at radius 1 is 0.469 bits per heavy atom. The lowest BCUT2D eigenvalue weighted by atomic mass is 10.1. The van der Waals surface area contributed by atoms with Crippen LogP contribution in [-0.2, 0) is 4.79 Å². The predicted molar refractivity (Wildman–Crippen MR) is 140 cm³/mol. The summed E-state index contributed by atoms with van der Waals surface area (Å²) in [6.45, 7) is 13.2. The minimum atomic E-state index is -0.943. The molecule has 0 bridgehead atoms. The summed E-state index contributed by atoms with van der Waals surface area (Å²) >= 11 is 0. The van der Waals surface area contributed by atoms with E-state index in [9.17, 15) is 9.90 Å². The van der Waals surface area contributed by atoms with Crippen LogP contribution < -0.4 is 10.0 Å². The number of quaternary nitrogens is 1. The molecule has 0 saturated heterocycles. The Labute approximate surface area is 203 Å². The maximum absolute atomic E-state index is 9.65. The van der Waals surface area contributed by atoms with Gasteiger partial charge in [0.05, 0.1) is 19.6 Å². The van der Waals surface area contributed by atoms with E-state index in [4.69, 9.17) is 0 Å². The van der Waals surface area contributed by atoms with Crippen LogP contribution in [0.4, 0.5) is 0 Å². The minimum Gasteiger partial charge on any atom is -0.550 e. The Bertz CT molecular complexity index is 308. The number of rotatable bonds is 24. The van der Waals surface area contributed by atoms with E-state index in [-0.39, 0.29) is 6.42 Å². The van der Waals surface area contributed by atoms with Crippen molar-refractivity contribution in [2.24, 2.45) is 0 Å². The lowest BCUT2D eigenvalue weighted by molar-refractivity contribution is -0.900. The summed E-state index contributed by atoms with van der Waals surface area (Å²) in [7, 11) is 0. The molecule has 0 amide bonds. The van der Waals surface area contributed by atoms with Crippen LogP contribution in [0.5, 0.6) is 0 Å². The monoisotopic (exact) mass is 455 g/mol. The number of carbonyl (C=O) groups excluding carboxylic acids is 1. The molecule has 1 N–H and O–H groups in total. The molecule has 0 unspecified atom stereocenters. The van der Waals surface area contributed by atoms with E-state index in [0.717, 1.165) is 12.8 Å². The first-order valence-electron chi connectivity index (χ1n) is 14.7. The van der Waals surface area contributed by atoms with E-state index >= 15 is 0 Å². The smallest absolute Gasteiger partial charge is 0.0770 e. The Morgan fingerprint density at radius 3 is 1.00 bits per heavy atom. The van der Waals surface area contributed by atoms with Gasteiger partial charge >= 0.3 is 0 Å². The van der Waals surface area contributed by atoms with Crippen molar-refractivity contribution < 1.29 is 14.8 Å². The molecule has 0 fully saturated rings. The van der Waals surface area contributed by atoms with Gasteiger partial charge in [-0.25, -0.2) is 0 Å². The van der Waals surface area contributed by atoms with Crippen LogP contribution in [0.15, 0.2) is 0 Å². The molecular formula is C29H61NO2. The summed E-state index contributed by atoms with van der Waals surface area (Å²) in [4.78, 5) is 11.6. The van der Waals surface area contributed by atoms with E-state index < -0.39 is 5.97 Å². The number of aliphatic carboxylic acids is 1. The highest BCUT2D eigenvalue weighted by Crippen LogP contribution is 2.06. The van der Waals surface area contributed by atoms with E-state index in [2.05, 4.69) is 20.8 Å². The van der Waals surface area contributed by atoms with Crippen molar-refractivity contribution in [3.8, 4) is 0 Å². The van der Waals surface area contributed by atoms with Crippen molar-refractivity contribution in [1.82, 2.24) is 0 Å². The minimum absolute atomic E-state index is 0.205. The van der Waals surface area contributed by atoms with Crippen molar-refractivity contribution in [2.45, 2.75) is 163 Å². The van der Waals surface area contributed by atoms with Gasteiger partial charge in [-0.05, 0) is 51.4 Å². The number of carboxylic acid groups (broad SMARTS) is 1. The predicted octanol–water partition coefficient (Wildman–Crippen LogP) is 6.88. The van der Waals surface area contributed by atoms with Gasteiger partial charge in [0.2, 0.25) is 0 Å². The molecule has 0 aliphatic heterocycles. The average Bonchev–Trinajstić information content (AvgIpc) is 2.79. The fourth-order valence-electron chi connectivity index (χ4n) is 4.16. The molecule has 0 aliphatic rings. The second-order valence-corrected chi connectivity index (χ2v) is 9.78. The van der Waals surface area contributed by atoms with Gasteiger partial charge in [0.1, 0.15) is 0 Å². The zero-order valence-corrected chi connectivity index (χ0v) is 22.8. The Hall–Kier alpha value is -0.570. The normalized spacial score (nSPS) is 10.9. The zero-order chi connectivity index (χ0) is 24.1. The quantitative estimate of drug-likeness (QED) is 0.161. The molecule has 3 nitrogen and oxygen atoms in total. The van der Waals surface area contributed by atoms with Crippen LogP contribution >= 0.6 is 0 Å².